The highest BCUT2D eigenvalue weighted by Crippen LogP contribution is 2.34. The van der Waals surface area contributed by atoms with Gasteiger partial charge in [0.15, 0.2) is 5.09 Å². The van der Waals surface area contributed by atoms with Gasteiger partial charge in [0, 0.05) is 7.05 Å². The van der Waals surface area contributed by atoms with Gasteiger partial charge in [0.05, 0.1) is 4.92 Å². The number of rotatable bonds is 4. The Morgan fingerprint density at radius 1 is 1.61 bits per heavy atom. The number of aryl methyl sites for hydroxylation is 1. The van der Waals surface area contributed by atoms with Crippen LogP contribution in [-0.2, 0) is 7.05 Å². The highest BCUT2D eigenvalue weighted by atomic mass is 32.2. The van der Waals surface area contributed by atoms with Crippen molar-refractivity contribution in [2.45, 2.75) is 10.1 Å². The van der Waals surface area contributed by atoms with Gasteiger partial charge in [0.2, 0.25) is 10.8 Å². The van der Waals surface area contributed by atoms with E-state index in [4.69, 9.17) is 9.52 Å². The molecule has 2 aromatic heterocycles. The molecule has 0 aromatic carbocycles. The number of nitrogens with zero attached hydrogens (tertiary/aromatic N) is 3. The maximum absolute atomic E-state index is 10.8. The fourth-order valence-electron chi connectivity index (χ4n) is 1.24. The first-order valence-electron chi connectivity index (χ1n) is 4.66. The molecular weight excluding hydrogens is 262 g/mol. The summed E-state index contributed by atoms with van der Waals surface area (Å²) >= 11 is 0.898. The standard InChI is InChI=1S/C9H7N3O5S/c1-11-4-5(12(15)16)8(10-11)18-7-3-2-6(17-7)9(13)14/h2-4H,1H3,(H,13,14). The third kappa shape index (κ3) is 2.35. The van der Waals surface area contributed by atoms with E-state index in [2.05, 4.69) is 5.10 Å². The highest BCUT2D eigenvalue weighted by Gasteiger charge is 2.21. The van der Waals surface area contributed by atoms with Crippen LogP contribution in [0.15, 0.2) is 32.9 Å². The van der Waals surface area contributed by atoms with E-state index in [9.17, 15) is 14.9 Å². The Morgan fingerprint density at radius 2 is 2.33 bits per heavy atom. The first-order valence-corrected chi connectivity index (χ1v) is 5.48. The first kappa shape index (κ1) is 12.2. The Labute approximate surface area is 104 Å². The van der Waals surface area contributed by atoms with Crippen LogP contribution >= 0.6 is 11.8 Å². The maximum Gasteiger partial charge on any atom is 0.371 e. The summed E-state index contributed by atoms with van der Waals surface area (Å²) in [5.41, 5.74) is -0.157. The molecule has 0 aliphatic carbocycles. The van der Waals surface area contributed by atoms with Crippen LogP contribution in [0.1, 0.15) is 10.6 Å². The lowest BCUT2D eigenvalue weighted by atomic mass is 10.5. The molecule has 2 heterocycles. The average Bonchev–Trinajstić information content (AvgIpc) is 2.86. The monoisotopic (exact) mass is 269 g/mol. The lowest BCUT2D eigenvalue weighted by Crippen LogP contribution is -1.91. The van der Waals surface area contributed by atoms with Crippen molar-refractivity contribution in [1.29, 1.82) is 0 Å². The van der Waals surface area contributed by atoms with E-state index in [-0.39, 0.29) is 21.6 Å². The molecule has 0 saturated carbocycles. The summed E-state index contributed by atoms with van der Waals surface area (Å²) in [4.78, 5) is 20.8. The van der Waals surface area contributed by atoms with Crippen molar-refractivity contribution in [3.63, 3.8) is 0 Å². The van der Waals surface area contributed by atoms with Gasteiger partial charge in [-0.15, -0.1) is 0 Å². The van der Waals surface area contributed by atoms with Gasteiger partial charge in [0.1, 0.15) is 6.20 Å². The molecule has 94 valence electrons. The number of aromatic nitrogens is 2. The Hall–Kier alpha value is -2.29. The fourth-order valence-corrected chi connectivity index (χ4v) is 2.10. The van der Waals surface area contributed by atoms with E-state index in [1.807, 2.05) is 0 Å². The molecule has 0 radical (unpaired) electrons. The molecule has 0 aliphatic rings. The lowest BCUT2D eigenvalue weighted by molar-refractivity contribution is -0.387. The molecule has 2 rings (SSSR count). The van der Waals surface area contributed by atoms with Crippen LogP contribution in [0, 0.1) is 10.1 Å². The summed E-state index contributed by atoms with van der Waals surface area (Å²) in [6, 6.07) is 2.70. The van der Waals surface area contributed by atoms with Crippen molar-refractivity contribution < 1.29 is 19.2 Å². The zero-order valence-corrected chi connectivity index (χ0v) is 9.88. The van der Waals surface area contributed by atoms with Crippen molar-refractivity contribution in [2.75, 3.05) is 0 Å². The molecule has 0 amide bonds. The second-order valence-corrected chi connectivity index (χ2v) is 4.27. The topological polar surface area (TPSA) is 111 Å². The molecule has 0 atom stereocenters. The van der Waals surface area contributed by atoms with E-state index in [0.717, 1.165) is 11.8 Å². The predicted molar refractivity (Wildman–Crippen MR) is 59.7 cm³/mol. The number of hydrogen-bond acceptors (Lipinski definition) is 6. The minimum absolute atomic E-state index is 0.147. The van der Waals surface area contributed by atoms with Crippen molar-refractivity contribution >= 4 is 23.4 Å². The second-order valence-electron chi connectivity index (χ2n) is 3.28. The molecule has 1 N–H and O–H groups in total. The van der Waals surface area contributed by atoms with Gasteiger partial charge in [-0.1, -0.05) is 0 Å². The molecule has 0 unspecified atom stereocenters. The number of furan rings is 1. The summed E-state index contributed by atoms with van der Waals surface area (Å²) in [6.07, 6.45) is 1.27. The van der Waals surface area contributed by atoms with Crippen LogP contribution < -0.4 is 0 Å². The fraction of sp³-hybridized carbons (Fsp3) is 0.111. The van der Waals surface area contributed by atoms with E-state index in [1.165, 1.54) is 23.0 Å². The number of carboxylic acid groups (broad SMARTS) is 1. The minimum Gasteiger partial charge on any atom is -0.475 e. The van der Waals surface area contributed by atoms with E-state index < -0.39 is 10.9 Å². The SMILES string of the molecule is Cn1cc([N+](=O)[O-])c(Sc2ccc(C(=O)O)o2)n1. The zero-order valence-electron chi connectivity index (χ0n) is 9.06. The van der Waals surface area contributed by atoms with Gasteiger partial charge < -0.3 is 9.52 Å². The van der Waals surface area contributed by atoms with Crippen LogP contribution in [0.25, 0.3) is 0 Å². The van der Waals surface area contributed by atoms with Gasteiger partial charge in [-0.25, -0.2) is 4.79 Å². The molecule has 0 bridgehead atoms. The summed E-state index contributed by atoms with van der Waals surface area (Å²) < 4.78 is 6.29. The first-order chi connectivity index (χ1) is 8.47. The number of hydrogen-bond donors (Lipinski definition) is 1. The highest BCUT2D eigenvalue weighted by molar-refractivity contribution is 7.99. The Bertz CT molecular complexity index is 618. The number of carbonyl (C=O) groups is 1. The van der Waals surface area contributed by atoms with Gasteiger partial charge >= 0.3 is 11.7 Å². The van der Waals surface area contributed by atoms with Crippen molar-refractivity contribution in [3.05, 3.63) is 34.2 Å². The van der Waals surface area contributed by atoms with Crippen LogP contribution in [0.2, 0.25) is 0 Å². The third-order valence-corrected chi connectivity index (χ3v) is 2.87. The van der Waals surface area contributed by atoms with Crippen LogP contribution in [0.3, 0.4) is 0 Å². The van der Waals surface area contributed by atoms with Gasteiger partial charge in [0.25, 0.3) is 0 Å². The second kappa shape index (κ2) is 4.53. The number of nitro groups is 1. The number of carboxylic acids is 1. The summed E-state index contributed by atoms with van der Waals surface area (Å²) in [6.45, 7) is 0. The van der Waals surface area contributed by atoms with Crippen molar-refractivity contribution in [3.8, 4) is 0 Å². The normalized spacial score (nSPS) is 10.5. The van der Waals surface area contributed by atoms with E-state index in [0.29, 0.717) is 0 Å². The molecule has 2 aromatic rings. The lowest BCUT2D eigenvalue weighted by Gasteiger charge is -1.92. The molecule has 18 heavy (non-hydrogen) atoms. The molecule has 0 saturated heterocycles. The molecule has 0 spiro atoms. The van der Waals surface area contributed by atoms with Crippen LogP contribution in [-0.4, -0.2) is 25.8 Å². The van der Waals surface area contributed by atoms with Crippen molar-refractivity contribution in [1.82, 2.24) is 9.78 Å². The van der Waals surface area contributed by atoms with Crippen LogP contribution in [0.5, 0.6) is 0 Å². The molecule has 0 fully saturated rings. The molecule has 8 nitrogen and oxygen atoms in total. The summed E-state index contributed by atoms with van der Waals surface area (Å²) in [5, 5.41) is 23.7. The van der Waals surface area contributed by atoms with Crippen molar-refractivity contribution in [2.24, 2.45) is 7.05 Å². The number of aromatic carboxylic acids is 1. The Balaban J connectivity index is 2.27. The van der Waals surface area contributed by atoms with E-state index >= 15 is 0 Å². The Kier molecular flexibility index (Phi) is 3.06. The molecule has 0 aliphatic heterocycles. The van der Waals surface area contributed by atoms with Gasteiger partial charge in [-0.2, -0.15) is 5.10 Å². The van der Waals surface area contributed by atoms with Gasteiger partial charge in [-0.3, -0.25) is 14.8 Å². The summed E-state index contributed by atoms with van der Waals surface area (Å²) in [7, 11) is 1.56. The van der Waals surface area contributed by atoms with Crippen LogP contribution in [0.4, 0.5) is 5.69 Å². The summed E-state index contributed by atoms with van der Waals surface area (Å²) in [5.74, 6) is -1.42. The average molecular weight is 269 g/mol. The largest absolute Gasteiger partial charge is 0.475 e. The minimum atomic E-state index is -1.20. The smallest absolute Gasteiger partial charge is 0.371 e. The molecule has 9 heteroatoms. The predicted octanol–water partition coefficient (Wildman–Crippen LogP) is 1.77. The Morgan fingerprint density at radius 3 is 2.89 bits per heavy atom. The zero-order chi connectivity index (χ0) is 13.3. The third-order valence-electron chi connectivity index (χ3n) is 1.96. The van der Waals surface area contributed by atoms with Gasteiger partial charge in [-0.05, 0) is 23.9 Å². The molecular formula is C9H7N3O5S. The maximum atomic E-state index is 10.8. The van der Waals surface area contributed by atoms with E-state index in [1.54, 1.807) is 7.05 Å². The quantitative estimate of drug-likeness (QED) is 0.664.